The summed E-state index contributed by atoms with van der Waals surface area (Å²) in [5.74, 6) is -0.277. The third-order valence-electron chi connectivity index (χ3n) is 4.34. The Morgan fingerprint density at radius 1 is 1.04 bits per heavy atom. The summed E-state index contributed by atoms with van der Waals surface area (Å²) < 4.78 is 0. The summed E-state index contributed by atoms with van der Waals surface area (Å²) in [5.41, 5.74) is 1.12. The molecule has 1 atom stereocenters. The standard InChI is InChI=1S/C21H22N2O2S/c1-22-21(25)19(14-18-7-4-12-26-18)23-20(24)11-9-15-8-10-16-5-2-3-6-17(16)13-15/h2-8,10,12-13,19H,9,11,14H2,1H3,(H,22,25)(H,23,24)/t19-/m1/s1. The summed E-state index contributed by atoms with van der Waals surface area (Å²) in [7, 11) is 1.59. The van der Waals surface area contributed by atoms with Crippen LogP contribution in [0.25, 0.3) is 10.8 Å². The molecule has 4 nitrogen and oxygen atoms in total. The molecule has 0 saturated carbocycles. The second-order valence-corrected chi connectivity index (χ2v) is 7.23. The monoisotopic (exact) mass is 366 g/mol. The first-order valence-corrected chi connectivity index (χ1v) is 9.54. The zero-order valence-electron chi connectivity index (χ0n) is 14.7. The normalized spacial score (nSPS) is 11.9. The average Bonchev–Trinajstić information content (AvgIpc) is 3.18. The number of likely N-dealkylation sites (N-methyl/N-ethyl adjacent to an activating group) is 1. The third-order valence-corrected chi connectivity index (χ3v) is 5.24. The van der Waals surface area contributed by atoms with Crippen LogP contribution in [0.2, 0.25) is 0 Å². The van der Waals surface area contributed by atoms with Crippen molar-refractivity contribution in [3.05, 3.63) is 70.4 Å². The molecule has 0 fully saturated rings. The van der Waals surface area contributed by atoms with Crippen LogP contribution in [0, 0.1) is 0 Å². The molecule has 0 unspecified atom stereocenters. The molecule has 3 rings (SSSR count). The summed E-state index contributed by atoms with van der Waals surface area (Å²) in [6, 6.07) is 17.8. The highest BCUT2D eigenvalue weighted by molar-refractivity contribution is 7.09. The van der Waals surface area contributed by atoms with Gasteiger partial charge in [0.2, 0.25) is 11.8 Å². The van der Waals surface area contributed by atoms with Crippen LogP contribution in [-0.2, 0) is 22.4 Å². The van der Waals surface area contributed by atoms with E-state index in [0.29, 0.717) is 19.3 Å². The van der Waals surface area contributed by atoms with E-state index in [4.69, 9.17) is 0 Å². The maximum Gasteiger partial charge on any atom is 0.242 e. The topological polar surface area (TPSA) is 58.2 Å². The van der Waals surface area contributed by atoms with Crippen LogP contribution < -0.4 is 10.6 Å². The van der Waals surface area contributed by atoms with Gasteiger partial charge in [-0.25, -0.2) is 0 Å². The van der Waals surface area contributed by atoms with Crippen molar-refractivity contribution < 1.29 is 9.59 Å². The van der Waals surface area contributed by atoms with Crippen molar-refractivity contribution >= 4 is 33.9 Å². The Morgan fingerprint density at radius 3 is 2.58 bits per heavy atom. The maximum absolute atomic E-state index is 12.4. The van der Waals surface area contributed by atoms with E-state index in [1.807, 2.05) is 29.6 Å². The SMILES string of the molecule is CNC(=O)[C@@H](Cc1cccs1)NC(=O)CCc1ccc2ccccc2c1. The average molecular weight is 366 g/mol. The lowest BCUT2D eigenvalue weighted by atomic mass is 10.0. The number of fused-ring (bicyclic) bond motifs is 1. The number of rotatable bonds is 7. The molecule has 1 aromatic heterocycles. The van der Waals surface area contributed by atoms with Gasteiger partial charge in [0.15, 0.2) is 0 Å². The maximum atomic E-state index is 12.4. The molecule has 2 aromatic carbocycles. The molecule has 2 N–H and O–H groups in total. The molecule has 1 heterocycles. The first-order valence-electron chi connectivity index (χ1n) is 8.67. The van der Waals surface area contributed by atoms with E-state index in [1.165, 1.54) is 10.8 Å². The minimum Gasteiger partial charge on any atom is -0.357 e. The van der Waals surface area contributed by atoms with E-state index in [9.17, 15) is 9.59 Å². The Hall–Kier alpha value is -2.66. The van der Waals surface area contributed by atoms with E-state index in [2.05, 4.69) is 41.0 Å². The van der Waals surface area contributed by atoms with E-state index in [-0.39, 0.29) is 11.8 Å². The molecule has 134 valence electrons. The van der Waals surface area contributed by atoms with Gasteiger partial charge in [-0.05, 0) is 34.2 Å². The van der Waals surface area contributed by atoms with Gasteiger partial charge >= 0.3 is 0 Å². The van der Waals surface area contributed by atoms with Gasteiger partial charge in [0.1, 0.15) is 6.04 Å². The van der Waals surface area contributed by atoms with Crippen molar-refractivity contribution in [2.45, 2.75) is 25.3 Å². The Balaban J connectivity index is 1.59. The summed E-state index contributed by atoms with van der Waals surface area (Å²) in [6.45, 7) is 0. The highest BCUT2D eigenvalue weighted by Gasteiger charge is 2.20. The van der Waals surface area contributed by atoms with Crippen LogP contribution in [-0.4, -0.2) is 24.9 Å². The van der Waals surface area contributed by atoms with Gasteiger partial charge in [-0.3, -0.25) is 9.59 Å². The van der Waals surface area contributed by atoms with Crippen LogP contribution >= 0.6 is 11.3 Å². The molecule has 3 aromatic rings. The van der Waals surface area contributed by atoms with Gasteiger partial charge in [-0.1, -0.05) is 48.5 Å². The molecule has 26 heavy (non-hydrogen) atoms. The van der Waals surface area contributed by atoms with Crippen LogP contribution in [0.3, 0.4) is 0 Å². The van der Waals surface area contributed by atoms with Crippen molar-refractivity contribution in [2.75, 3.05) is 7.05 Å². The molecule has 0 aliphatic carbocycles. The highest BCUT2D eigenvalue weighted by Crippen LogP contribution is 2.17. The Kier molecular flexibility index (Phi) is 6.02. The van der Waals surface area contributed by atoms with Crippen molar-refractivity contribution in [1.82, 2.24) is 10.6 Å². The smallest absolute Gasteiger partial charge is 0.242 e. The molecule has 0 saturated heterocycles. The molecular weight excluding hydrogens is 344 g/mol. The predicted octanol–water partition coefficient (Wildman–Crippen LogP) is 3.31. The highest BCUT2D eigenvalue weighted by atomic mass is 32.1. The summed E-state index contributed by atoms with van der Waals surface area (Å²) in [6.07, 6.45) is 1.52. The van der Waals surface area contributed by atoms with Crippen molar-refractivity contribution in [3.63, 3.8) is 0 Å². The van der Waals surface area contributed by atoms with Gasteiger partial charge in [0, 0.05) is 24.8 Å². The molecule has 2 amide bonds. The minimum absolute atomic E-state index is 0.108. The van der Waals surface area contributed by atoms with Gasteiger partial charge in [-0.2, -0.15) is 0 Å². The number of aryl methyl sites for hydroxylation is 1. The Labute approximate surface area is 157 Å². The van der Waals surface area contributed by atoms with Crippen LogP contribution in [0.1, 0.15) is 16.9 Å². The number of carbonyl (C=O) groups excluding carboxylic acids is 2. The molecule has 5 heteroatoms. The predicted molar refractivity (Wildman–Crippen MR) is 106 cm³/mol. The Morgan fingerprint density at radius 2 is 1.85 bits per heavy atom. The van der Waals surface area contributed by atoms with Crippen molar-refractivity contribution in [1.29, 1.82) is 0 Å². The van der Waals surface area contributed by atoms with Gasteiger partial charge in [0.05, 0.1) is 0 Å². The van der Waals surface area contributed by atoms with Gasteiger partial charge in [-0.15, -0.1) is 11.3 Å². The second-order valence-electron chi connectivity index (χ2n) is 6.20. The molecule has 0 bridgehead atoms. The lowest BCUT2D eigenvalue weighted by molar-refractivity contribution is -0.128. The van der Waals surface area contributed by atoms with Crippen LogP contribution in [0.4, 0.5) is 0 Å². The van der Waals surface area contributed by atoms with E-state index in [0.717, 1.165) is 10.4 Å². The second kappa shape index (κ2) is 8.63. The van der Waals surface area contributed by atoms with Crippen LogP contribution in [0.15, 0.2) is 60.0 Å². The molecule has 0 aliphatic heterocycles. The zero-order valence-corrected chi connectivity index (χ0v) is 15.5. The number of hydrogen-bond donors (Lipinski definition) is 2. The first-order chi connectivity index (χ1) is 12.7. The molecular formula is C21H22N2O2S. The van der Waals surface area contributed by atoms with E-state index in [1.54, 1.807) is 18.4 Å². The fourth-order valence-electron chi connectivity index (χ4n) is 2.93. The number of amides is 2. The quantitative estimate of drug-likeness (QED) is 0.674. The summed E-state index contributed by atoms with van der Waals surface area (Å²) in [5, 5.41) is 9.83. The van der Waals surface area contributed by atoms with Crippen molar-refractivity contribution in [2.24, 2.45) is 0 Å². The third kappa shape index (κ3) is 4.70. The fraction of sp³-hybridized carbons (Fsp3) is 0.238. The lowest BCUT2D eigenvalue weighted by Crippen LogP contribution is -2.47. The number of benzene rings is 2. The number of hydrogen-bond acceptors (Lipinski definition) is 3. The fourth-order valence-corrected chi connectivity index (χ4v) is 3.68. The first kappa shape index (κ1) is 18.1. The molecule has 0 aliphatic rings. The van der Waals surface area contributed by atoms with E-state index >= 15 is 0 Å². The zero-order chi connectivity index (χ0) is 18.4. The van der Waals surface area contributed by atoms with E-state index < -0.39 is 6.04 Å². The minimum atomic E-state index is -0.539. The number of nitrogens with one attached hydrogen (secondary N) is 2. The number of thiophene rings is 1. The number of carbonyl (C=O) groups is 2. The molecule has 0 radical (unpaired) electrons. The van der Waals surface area contributed by atoms with Crippen LogP contribution in [0.5, 0.6) is 0 Å². The summed E-state index contributed by atoms with van der Waals surface area (Å²) in [4.78, 5) is 25.5. The summed E-state index contributed by atoms with van der Waals surface area (Å²) >= 11 is 1.59. The Bertz CT molecular complexity index is 890. The molecule has 0 spiro atoms. The van der Waals surface area contributed by atoms with Gasteiger partial charge < -0.3 is 10.6 Å². The van der Waals surface area contributed by atoms with Crippen molar-refractivity contribution in [3.8, 4) is 0 Å². The lowest BCUT2D eigenvalue weighted by Gasteiger charge is -2.16. The van der Waals surface area contributed by atoms with Gasteiger partial charge in [0.25, 0.3) is 0 Å². The largest absolute Gasteiger partial charge is 0.357 e.